The highest BCUT2D eigenvalue weighted by Crippen LogP contribution is 2.31. The van der Waals surface area contributed by atoms with Crippen LogP contribution in [0.5, 0.6) is 0 Å². The van der Waals surface area contributed by atoms with E-state index in [9.17, 15) is 5.11 Å². The Morgan fingerprint density at radius 3 is 2.72 bits per heavy atom. The van der Waals surface area contributed by atoms with Gasteiger partial charge in [-0.3, -0.25) is 0 Å². The van der Waals surface area contributed by atoms with Gasteiger partial charge in [-0.25, -0.2) is 4.98 Å². The Labute approximate surface area is 152 Å². The van der Waals surface area contributed by atoms with Crippen LogP contribution in [0.3, 0.4) is 0 Å². The van der Waals surface area contributed by atoms with E-state index in [0.717, 1.165) is 46.0 Å². The van der Waals surface area contributed by atoms with E-state index in [0.29, 0.717) is 13.1 Å². The van der Waals surface area contributed by atoms with E-state index >= 15 is 0 Å². The number of hydrogen-bond donors (Lipinski definition) is 2. The summed E-state index contributed by atoms with van der Waals surface area (Å²) >= 11 is 5.94. The van der Waals surface area contributed by atoms with Gasteiger partial charge >= 0.3 is 0 Å². The van der Waals surface area contributed by atoms with E-state index in [1.807, 2.05) is 42.5 Å². The van der Waals surface area contributed by atoms with E-state index in [1.165, 1.54) is 0 Å². The number of aliphatic hydroxyl groups excluding tert-OH is 1. The largest absolute Gasteiger partial charge is 0.391 e. The number of benzene rings is 2. The summed E-state index contributed by atoms with van der Waals surface area (Å²) in [6, 6.07) is 18.0. The molecule has 1 aromatic heterocycles. The molecule has 3 aromatic rings. The number of hydrogen-bond acceptors (Lipinski definition) is 4. The number of aromatic nitrogens is 1. The van der Waals surface area contributed by atoms with Crippen LogP contribution in [0.2, 0.25) is 5.02 Å². The number of nitrogens with zero attached hydrogens (tertiary/aromatic N) is 2. The molecule has 2 heterocycles. The number of para-hydroxylation sites is 1. The summed E-state index contributed by atoms with van der Waals surface area (Å²) < 4.78 is 0. The zero-order valence-electron chi connectivity index (χ0n) is 13.8. The molecule has 25 heavy (non-hydrogen) atoms. The Morgan fingerprint density at radius 1 is 1.16 bits per heavy atom. The molecule has 5 heteroatoms. The van der Waals surface area contributed by atoms with Crippen molar-refractivity contribution in [1.82, 2.24) is 4.98 Å². The van der Waals surface area contributed by atoms with Gasteiger partial charge in [-0.2, -0.15) is 0 Å². The molecular formula is C20H20ClN3O. The number of anilines is 2. The summed E-state index contributed by atoms with van der Waals surface area (Å²) in [7, 11) is 0. The minimum atomic E-state index is -0.252. The Bertz CT molecular complexity index is 882. The fraction of sp³-hybridized carbons (Fsp3) is 0.250. The highest BCUT2D eigenvalue weighted by atomic mass is 35.5. The Morgan fingerprint density at radius 2 is 1.96 bits per heavy atom. The van der Waals surface area contributed by atoms with Crippen molar-refractivity contribution in [3.63, 3.8) is 0 Å². The van der Waals surface area contributed by atoms with Gasteiger partial charge in [-0.05, 0) is 30.2 Å². The van der Waals surface area contributed by atoms with Crippen molar-refractivity contribution >= 4 is 34.0 Å². The maximum Gasteiger partial charge on any atom is 0.129 e. The van der Waals surface area contributed by atoms with Gasteiger partial charge in [0, 0.05) is 41.8 Å². The molecule has 1 aliphatic heterocycles. The van der Waals surface area contributed by atoms with E-state index in [1.54, 1.807) is 0 Å². The van der Waals surface area contributed by atoms with Gasteiger partial charge < -0.3 is 15.3 Å². The monoisotopic (exact) mass is 353 g/mol. The SMILES string of the molecule is O[C@@H]1CCN(c2cc(NCc3ccc(Cl)cc3)nc3ccccc23)C1. The summed E-state index contributed by atoms with van der Waals surface area (Å²) in [5, 5.41) is 15.2. The Balaban J connectivity index is 1.63. The molecule has 0 amide bonds. The molecule has 0 spiro atoms. The molecule has 1 atom stereocenters. The lowest BCUT2D eigenvalue weighted by Crippen LogP contribution is -2.21. The molecule has 128 valence electrons. The molecule has 0 aliphatic carbocycles. The molecule has 0 unspecified atom stereocenters. The van der Waals surface area contributed by atoms with Gasteiger partial charge in [-0.1, -0.05) is 41.9 Å². The maximum absolute atomic E-state index is 9.89. The van der Waals surface area contributed by atoms with Gasteiger partial charge in [0.2, 0.25) is 0 Å². The summed E-state index contributed by atoms with van der Waals surface area (Å²) in [4.78, 5) is 6.97. The maximum atomic E-state index is 9.89. The number of fused-ring (bicyclic) bond motifs is 1. The lowest BCUT2D eigenvalue weighted by Gasteiger charge is -2.21. The van der Waals surface area contributed by atoms with E-state index < -0.39 is 0 Å². The standard InChI is InChI=1S/C20H20ClN3O/c21-15-7-5-14(6-8-15)12-22-20-11-19(24-10-9-16(25)13-24)17-3-1-2-4-18(17)23-20/h1-8,11,16,25H,9-10,12-13H2,(H,22,23)/t16-/m1/s1. The fourth-order valence-corrected chi connectivity index (χ4v) is 3.39. The molecule has 4 rings (SSSR count). The predicted octanol–water partition coefficient (Wildman–Crippen LogP) is 4.07. The van der Waals surface area contributed by atoms with Gasteiger partial charge in [0.25, 0.3) is 0 Å². The van der Waals surface area contributed by atoms with Crippen molar-refractivity contribution in [2.45, 2.75) is 19.1 Å². The topological polar surface area (TPSA) is 48.4 Å². The lowest BCUT2D eigenvalue weighted by atomic mass is 10.1. The van der Waals surface area contributed by atoms with Gasteiger partial charge in [0.1, 0.15) is 5.82 Å². The molecular weight excluding hydrogens is 334 g/mol. The van der Waals surface area contributed by atoms with Gasteiger partial charge in [0.15, 0.2) is 0 Å². The van der Waals surface area contributed by atoms with Gasteiger partial charge in [0.05, 0.1) is 11.6 Å². The average Bonchev–Trinajstić information content (AvgIpc) is 3.07. The first-order chi connectivity index (χ1) is 12.2. The minimum Gasteiger partial charge on any atom is -0.391 e. The van der Waals surface area contributed by atoms with E-state index in [4.69, 9.17) is 16.6 Å². The van der Waals surface area contributed by atoms with Crippen LogP contribution >= 0.6 is 11.6 Å². The smallest absolute Gasteiger partial charge is 0.129 e. The van der Waals surface area contributed by atoms with Crippen LogP contribution in [0.15, 0.2) is 54.6 Å². The quantitative estimate of drug-likeness (QED) is 0.742. The lowest BCUT2D eigenvalue weighted by molar-refractivity contribution is 0.198. The van der Waals surface area contributed by atoms with Crippen LogP contribution in [-0.4, -0.2) is 29.3 Å². The predicted molar refractivity (Wildman–Crippen MR) is 103 cm³/mol. The second-order valence-corrected chi connectivity index (χ2v) is 6.85. The van der Waals surface area contributed by atoms with Crippen molar-refractivity contribution in [1.29, 1.82) is 0 Å². The van der Waals surface area contributed by atoms with Crippen molar-refractivity contribution in [3.8, 4) is 0 Å². The first kappa shape index (κ1) is 16.2. The highest BCUT2D eigenvalue weighted by molar-refractivity contribution is 6.30. The summed E-state index contributed by atoms with van der Waals surface area (Å²) in [5.41, 5.74) is 3.23. The van der Waals surface area contributed by atoms with Crippen LogP contribution in [0.1, 0.15) is 12.0 Å². The summed E-state index contributed by atoms with van der Waals surface area (Å²) in [6.07, 6.45) is 0.557. The molecule has 4 nitrogen and oxygen atoms in total. The van der Waals surface area contributed by atoms with Crippen LogP contribution in [0.4, 0.5) is 11.5 Å². The molecule has 1 fully saturated rings. The second-order valence-electron chi connectivity index (χ2n) is 6.41. The normalized spacial score (nSPS) is 17.2. The second kappa shape index (κ2) is 6.90. The van der Waals surface area contributed by atoms with E-state index in [-0.39, 0.29) is 6.10 Å². The molecule has 0 saturated carbocycles. The van der Waals surface area contributed by atoms with Crippen molar-refractivity contribution in [3.05, 3.63) is 65.2 Å². The van der Waals surface area contributed by atoms with Crippen molar-refractivity contribution < 1.29 is 5.11 Å². The number of pyridine rings is 1. The third kappa shape index (κ3) is 3.55. The van der Waals surface area contributed by atoms with Gasteiger partial charge in [-0.15, -0.1) is 0 Å². The molecule has 2 N–H and O–H groups in total. The number of β-amino-alcohol motifs (C(OH)–C–C–N with tert-alkyl or cyclic N) is 1. The highest BCUT2D eigenvalue weighted by Gasteiger charge is 2.22. The summed E-state index contributed by atoms with van der Waals surface area (Å²) in [6.45, 7) is 2.22. The van der Waals surface area contributed by atoms with Crippen LogP contribution in [0.25, 0.3) is 10.9 Å². The first-order valence-corrected chi connectivity index (χ1v) is 8.88. The Hall–Kier alpha value is -2.30. The Kier molecular flexibility index (Phi) is 4.47. The van der Waals surface area contributed by atoms with Crippen molar-refractivity contribution in [2.24, 2.45) is 0 Å². The molecule has 1 saturated heterocycles. The number of aliphatic hydroxyl groups is 1. The minimum absolute atomic E-state index is 0.252. The molecule has 0 radical (unpaired) electrons. The molecule has 1 aliphatic rings. The van der Waals surface area contributed by atoms with Crippen LogP contribution < -0.4 is 10.2 Å². The molecule has 0 bridgehead atoms. The number of nitrogens with one attached hydrogen (secondary N) is 1. The fourth-order valence-electron chi connectivity index (χ4n) is 3.26. The van der Waals surface area contributed by atoms with Crippen LogP contribution in [0, 0.1) is 0 Å². The van der Waals surface area contributed by atoms with Crippen LogP contribution in [-0.2, 0) is 6.54 Å². The average molecular weight is 354 g/mol. The molecule has 2 aromatic carbocycles. The number of halogens is 1. The third-order valence-electron chi connectivity index (χ3n) is 4.59. The van der Waals surface area contributed by atoms with E-state index in [2.05, 4.69) is 22.3 Å². The summed E-state index contributed by atoms with van der Waals surface area (Å²) in [5.74, 6) is 0.838. The number of rotatable bonds is 4. The zero-order valence-corrected chi connectivity index (χ0v) is 14.6. The zero-order chi connectivity index (χ0) is 17.2. The van der Waals surface area contributed by atoms with Crippen molar-refractivity contribution in [2.75, 3.05) is 23.3 Å². The first-order valence-electron chi connectivity index (χ1n) is 8.50. The third-order valence-corrected chi connectivity index (χ3v) is 4.84.